The fourth-order valence-corrected chi connectivity index (χ4v) is 1.20. The van der Waals surface area contributed by atoms with Crippen molar-refractivity contribution in [1.29, 1.82) is 0 Å². The Bertz CT molecular complexity index is 294. The average Bonchev–Trinajstić information content (AvgIpc) is 2.12. The zero-order valence-electron chi connectivity index (χ0n) is 7.81. The molecule has 0 aromatic heterocycles. The van der Waals surface area contributed by atoms with Crippen molar-refractivity contribution in [2.24, 2.45) is 0 Å². The lowest BCUT2D eigenvalue weighted by molar-refractivity contribution is 1.07. The van der Waals surface area contributed by atoms with Crippen LogP contribution >= 0.6 is 11.6 Å². The number of anilines is 1. The Hall–Kier alpha value is -0.950. The number of nitrogens with one attached hydrogen (secondary N) is 1. The molecule has 70 valence electrons. The standard InChI is InChI=1S/C11H14ClN/c1-3-4-7-13-10-6-5-9(2)11(12)8-10/h3,5-6,8,13H,1,4,7H2,2H3. The first-order chi connectivity index (χ1) is 6.24. The van der Waals surface area contributed by atoms with E-state index in [-0.39, 0.29) is 0 Å². The minimum Gasteiger partial charge on any atom is -0.385 e. The van der Waals surface area contributed by atoms with Crippen LogP contribution < -0.4 is 5.32 Å². The molecule has 2 heteroatoms. The molecule has 0 fully saturated rings. The predicted molar refractivity (Wildman–Crippen MR) is 59.5 cm³/mol. The number of benzene rings is 1. The maximum Gasteiger partial charge on any atom is 0.0455 e. The molecule has 0 saturated carbocycles. The Kier molecular flexibility index (Phi) is 3.84. The van der Waals surface area contributed by atoms with Crippen molar-refractivity contribution in [2.45, 2.75) is 13.3 Å². The lowest BCUT2D eigenvalue weighted by Crippen LogP contribution is -1.99. The maximum absolute atomic E-state index is 5.97. The highest BCUT2D eigenvalue weighted by Gasteiger charge is 1.95. The topological polar surface area (TPSA) is 12.0 Å². The van der Waals surface area contributed by atoms with Gasteiger partial charge in [0.25, 0.3) is 0 Å². The SMILES string of the molecule is C=CCCNc1ccc(C)c(Cl)c1. The maximum atomic E-state index is 5.97. The molecular weight excluding hydrogens is 182 g/mol. The van der Waals surface area contributed by atoms with Gasteiger partial charge in [0.2, 0.25) is 0 Å². The van der Waals surface area contributed by atoms with Crippen LogP contribution in [-0.2, 0) is 0 Å². The normalized spacial score (nSPS) is 9.69. The monoisotopic (exact) mass is 195 g/mol. The molecule has 0 unspecified atom stereocenters. The van der Waals surface area contributed by atoms with Gasteiger partial charge >= 0.3 is 0 Å². The highest BCUT2D eigenvalue weighted by Crippen LogP contribution is 2.19. The van der Waals surface area contributed by atoms with Crippen molar-refractivity contribution >= 4 is 17.3 Å². The zero-order valence-corrected chi connectivity index (χ0v) is 8.56. The van der Waals surface area contributed by atoms with Crippen molar-refractivity contribution in [2.75, 3.05) is 11.9 Å². The summed E-state index contributed by atoms with van der Waals surface area (Å²) in [5.74, 6) is 0. The van der Waals surface area contributed by atoms with Crippen LogP contribution in [0.5, 0.6) is 0 Å². The molecule has 0 atom stereocenters. The van der Waals surface area contributed by atoms with E-state index in [0.29, 0.717) is 0 Å². The van der Waals surface area contributed by atoms with Crippen molar-refractivity contribution < 1.29 is 0 Å². The van der Waals surface area contributed by atoms with Crippen LogP contribution in [0, 0.1) is 6.92 Å². The molecule has 0 aliphatic rings. The summed E-state index contributed by atoms with van der Waals surface area (Å²) in [7, 11) is 0. The molecule has 0 amide bonds. The summed E-state index contributed by atoms with van der Waals surface area (Å²) < 4.78 is 0. The van der Waals surface area contributed by atoms with Crippen LogP contribution in [0.1, 0.15) is 12.0 Å². The molecule has 0 saturated heterocycles. The summed E-state index contributed by atoms with van der Waals surface area (Å²) >= 11 is 5.97. The molecule has 0 aliphatic carbocycles. The van der Waals surface area contributed by atoms with Crippen LogP contribution in [0.15, 0.2) is 30.9 Å². The minimum atomic E-state index is 0.809. The number of aryl methyl sites for hydroxylation is 1. The Labute approximate surface area is 84.4 Å². The number of halogens is 1. The van der Waals surface area contributed by atoms with Crippen LogP contribution in [0.3, 0.4) is 0 Å². The minimum absolute atomic E-state index is 0.809. The molecule has 1 aromatic carbocycles. The summed E-state index contributed by atoms with van der Waals surface area (Å²) in [5.41, 5.74) is 2.17. The van der Waals surface area contributed by atoms with Gasteiger partial charge in [-0.15, -0.1) is 6.58 Å². The molecule has 1 aromatic rings. The summed E-state index contributed by atoms with van der Waals surface area (Å²) in [6.45, 7) is 6.56. The van der Waals surface area contributed by atoms with Crippen LogP contribution in [0.25, 0.3) is 0 Å². The largest absolute Gasteiger partial charge is 0.385 e. The quantitative estimate of drug-likeness (QED) is 0.572. The zero-order chi connectivity index (χ0) is 9.68. The fraction of sp³-hybridized carbons (Fsp3) is 0.273. The number of hydrogen-bond donors (Lipinski definition) is 1. The van der Waals surface area contributed by atoms with Gasteiger partial charge in [0.05, 0.1) is 0 Å². The van der Waals surface area contributed by atoms with Gasteiger partial charge in [0.15, 0.2) is 0 Å². The lowest BCUT2D eigenvalue weighted by Gasteiger charge is -2.05. The molecule has 1 rings (SSSR count). The Morgan fingerprint density at radius 2 is 2.31 bits per heavy atom. The molecule has 0 bridgehead atoms. The Morgan fingerprint density at radius 3 is 2.92 bits per heavy atom. The van der Waals surface area contributed by atoms with E-state index in [4.69, 9.17) is 11.6 Å². The smallest absolute Gasteiger partial charge is 0.0455 e. The third kappa shape index (κ3) is 3.11. The van der Waals surface area contributed by atoms with E-state index < -0.39 is 0 Å². The van der Waals surface area contributed by atoms with Crippen LogP contribution in [0.2, 0.25) is 5.02 Å². The second kappa shape index (κ2) is 4.93. The Morgan fingerprint density at radius 1 is 1.54 bits per heavy atom. The highest BCUT2D eigenvalue weighted by molar-refractivity contribution is 6.31. The summed E-state index contributed by atoms with van der Waals surface area (Å²) in [4.78, 5) is 0. The van der Waals surface area contributed by atoms with Gasteiger partial charge in [-0.25, -0.2) is 0 Å². The van der Waals surface area contributed by atoms with Crippen molar-refractivity contribution in [3.8, 4) is 0 Å². The average molecular weight is 196 g/mol. The van der Waals surface area contributed by atoms with Gasteiger partial charge in [-0.1, -0.05) is 23.7 Å². The summed E-state index contributed by atoms with van der Waals surface area (Å²) in [6, 6.07) is 5.99. The highest BCUT2D eigenvalue weighted by atomic mass is 35.5. The third-order valence-electron chi connectivity index (χ3n) is 1.85. The second-order valence-electron chi connectivity index (χ2n) is 2.97. The third-order valence-corrected chi connectivity index (χ3v) is 2.26. The molecule has 0 heterocycles. The molecule has 0 spiro atoms. The Balaban J connectivity index is 2.57. The van der Waals surface area contributed by atoms with Gasteiger partial charge in [-0.05, 0) is 31.0 Å². The van der Waals surface area contributed by atoms with E-state index in [1.54, 1.807) is 0 Å². The van der Waals surface area contributed by atoms with Gasteiger partial charge in [-0.3, -0.25) is 0 Å². The first-order valence-corrected chi connectivity index (χ1v) is 4.73. The van der Waals surface area contributed by atoms with Gasteiger partial charge in [-0.2, -0.15) is 0 Å². The van der Waals surface area contributed by atoms with Crippen molar-refractivity contribution in [1.82, 2.24) is 0 Å². The van der Waals surface area contributed by atoms with E-state index >= 15 is 0 Å². The predicted octanol–water partition coefficient (Wildman–Crippen LogP) is 3.64. The van der Waals surface area contributed by atoms with E-state index in [1.165, 1.54) is 0 Å². The van der Waals surface area contributed by atoms with Gasteiger partial charge < -0.3 is 5.32 Å². The molecule has 0 aliphatic heterocycles. The molecule has 1 N–H and O–H groups in total. The second-order valence-corrected chi connectivity index (χ2v) is 3.38. The summed E-state index contributed by atoms with van der Waals surface area (Å²) in [5, 5.41) is 4.07. The summed E-state index contributed by atoms with van der Waals surface area (Å²) in [6.07, 6.45) is 2.86. The van der Waals surface area contributed by atoms with E-state index in [2.05, 4.69) is 11.9 Å². The van der Waals surface area contributed by atoms with Gasteiger partial charge in [0.1, 0.15) is 0 Å². The number of hydrogen-bond acceptors (Lipinski definition) is 1. The fourth-order valence-electron chi connectivity index (χ4n) is 1.02. The van der Waals surface area contributed by atoms with E-state index in [1.807, 2.05) is 31.2 Å². The van der Waals surface area contributed by atoms with Crippen molar-refractivity contribution in [3.05, 3.63) is 41.4 Å². The van der Waals surface area contributed by atoms with E-state index in [9.17, 15) is 0 Å². The van der Waals surface area contributed by atoms with Crippen LogP contribution in [-0.4, -0.2) is 6.54 Å². The van der Waals surface area contributed by atoms with Crippen LogP contribution in [0.4, 0.5) is 5.69 Å². The van der Waals surface area contributed by atoms with Gasteiger partial charge in [0, 0.05) is 17.3 Å². The van der Waals surface area contributed by atoms with Crippen molar-refractivity contribution in [3.63, 3.8) is 0 Å². The first-order valence-electron chi connectivity index (χ1n) is 4.35. The molecule has 0 radical (unpaired) electrons. The lowest BCUT2D eigenvalue weighted by atomic mass is 10.2. The molecule has 13 heavy (non-hydrogen) atoms. The first kappa shape index (κ1) is 10.1. The number of rotatable bonds is 4. The molecule has 1 nitrogen and oxygen atoms in total. The van der Waals surface area contributed by atoms with E-state index in [0.717, 1.165) is 29.2 Å². The molecular formula is C11H14ClN.